The first-order valence-electron chi connectivity index (χ1n) is 10.1. The van der Waals surface area contributed by atoms with Gasteiger partial charge < -0.3 is 31.3 Å². The van der Waals surface area contributed by atoms with E-state index < -0.39 is 0 Å². The number of hydrogen-bond acceptors (Lipinski definition) is 7. The van der Waals surface area contributed by atoms with E-state index in [9.17, 15) is 4.79 Å². The molecule has 1 aromatic rings. The van der Waals surface area contributed by atoms with Gasteiger partial charge in [0.15, 0.2) is 5.82 Å². The zero-order valence-electron chi connectivity index (χ0n) is 16.3. The number of aromatic nitrogens is 2. The molecule has 4 unspecified atom stereocenters. The molecule has 2 saturated heterocycles. The molecule has 4 rings (SSSR count). The number of hydrogen-bond donors (Lipinski definition) is 4. The molecule has 2 fully saturated rings. The van der Waals surface area contributed by atoms with Crippen molar-refractivity contribution in [2.45, 2.75) is 49.4 Å². The van der Waals surface area contributed by atoms with Crippen molar-refractivity contribution in [2.75, 3.05) is 50.8 Å². The van der Waals surface area contributed by atoms with E-state index in [-0.39, 0.29) is 35.4 Å². The van der Waals surface area contributed by atoms with Crippen molar-refractivity contribution in [3.63, 3.8) is 0 Å². The third-order valence-corrected chi connectivity index (χ3v) is 6.04. The molecular weight excluding hydrogens is 382 g/mol. The van der Waals surface area contributed by atoms with E-state index in [0.29, 0.717) is 31.0 Å². The first kappa shape index (κ1) is 19.8. The van der Waals surface area contributed by atoms with Gasteiger partial charge in [-0.3, -0.25) is 4.79 Å². The van der Waals surface area contributed by atoms with E-state index >= 15 is 0 Å². The fourth-order valence-corrected chi connectivity index (χ4v) is 4.54. The molecule has 1 aromatic heterocycles. The quantitative estimate of drug-likeness (QED) is 0.519. The lowest BCUT2D eigenvalue weighted by atomic mass is 10.0. The molecule has 3 aliphatic heterocycles. The van der Waals surface area contributed by atoms with Gasteiger partial charge in [-0.05, 0) is 39.4 Å². The molecule has 0 saturated carbocycles. The van der Waals surface area contributed by atoms with Gasteiger partial charge in [-0.25, -0.2) is 4.68 Å². The molecule has 4 atom stereocenters. The van der Waals surface area contributed by atoms with Crippen molar-refractivity contribution in [3.05, 3.63) is 5.56 Å². The van der Waals surface area contributed by atoms with Gasteiger partial charge in [-0.15, -0.1) is 11.6 Å². The normalized spacial score (nSPS) is 31.1. The van der Waals surface area contributed by atoms with Crippen molar-refractivity contribution in [2.24, 2.45) is 0 Å². The molecule has 1 amide bonds. The number of likely N-dealkylation sites (tertiary alicyclic amines) is 1. The van der Waals surface area contributed by atoms with Crippen LogP contribution >= 0.6 is 11.6 Å². The Morgan fingerprint density at radius 3 is 3.04 bits per heavy atom. The number of piperidine rings is 2. The highest BCUT2D eigenvalue weighted by molar-refractivity contribution is 6.21. The Kier molecular flexibility index (Phi) is 5.96. The van der Waals surface area contributed by atoms with Crippen molar-refractivity contribution < 1.29 is 9.53 Å². The molecule has 0 aromatic carbocycles. The van der Waals surface area contributed by atoms with Crippen LogP contribution in [0.25, 0.3) is 0 Å². The number of nitrogen functional groups attached to an aromatic ring is 1. The SMILES string of the molecule is CN1CCCC(OC2CCNCC2NC(=O)c2c(N)nn3c2NCC(Cl)C3)C1. The fraction of sp³-hybridized carbons (Fsp3) is 0.778. The second-order valence-electron chi connectivity index (χ2n) is 8.04. The van der Waals surface area contributed by atoms with Gasteiger partial charge in [0.2, 0.25) is 0 Å². The average molecular weight is 412 g/mol. The lowest BCUT2D eigenvalue weighted by Gasteiger charge is -2.38. The molecule has 156 valence electrons. The highest BCUT2D eigenvalue weighted by Crippen LogP contribution is 2.27. The monoisotopic (exact) mass is 411 g/mol. The van der Waals surface area contributed by atoms with E-state index in [1.807, 2.05) is 0 Å². The van der Waals surface area contributed by atoms with Gasteiger partial charge in [0.1, 0.15) is 11.4 Å². The van der Waals surface area contributed by atoms with Crippen LogP contribution in [0.15, 0.2) is 0 Å². The topological polar surface area (TPSA) is 109 Å². The number of halogens is 1. The highest BCUT2D eigenvalue weighted by atomic mass is 35.5. The second-order valence-corrected chi connectivity index (χ2v) is 8.66. The van der Waals surface area contributed by atoms with Gasteiger partial charge in [-0.1, -0.05) is 0 Å². The summed E-state index contributed by atoms with van der Waals surface area (Å²) in [7, 11) is 2.13. The Hall–Kier alpha value is -1.55. The Balaban J connectivity index is 1.44. The van der Waals surface area contributed by atoms with Gasteiger partial charge in [0.25, 0.3) is 5.91 Å². The Morgan fingerprint density at radius 1 is 1.36 bits per heavy atom. The summed E-state index contributed by atoms with van der Waals surface area (Å²) in [6.45, 7) is 4.75. The minimum absolute atomic E-state index is 0.00509. The zero-order chi connectivity index (χ0) is 19.7. The lowest BCUT2D eigenvalue weighted by molar-refractivity contribution is -0.0657. The summed E-state index contributed by atoms with van der Waals surface area (Å²) < 4.78 is 8.09. The molecule has 0 aliphatic carbocycles. The molecule has 9 nitrogen and oxygen atoms in total. The van der Waals surface area contributed by atoms with Crippen LogP contribution in [0.4, 0.5) is 11.6 Å². The van der Waals surface area contributed by atoms with Crippen LogP contribution in [-0.2, 0) is 11.3 Å². The minimum Gasteiger partial charge on any atom is -0.381 e. The third kappa shape index (κ3) is 4.22. The summed E-state index contributed by atoms with van der Waals surface area (Å²) in [5.41, 5.74) is 6.44. The standard InChI is InChI=1S/C18H30ClN7O2/c1-25-6-2-3-12(10-25)28-14-4-5-21-8-13(14)23-18(27)15-16(20)24-26-9-11(19)7-22-17(15)26/h11-14,21-22H,2-10H2,1H3,(H2,20,24)(H,23,27). The predicted octanol–water partition coefficient (Wildman–Crippen LogP) is 0.0693. The number of amides is 1. The molecule has 4 heterocycles. The Labute approximate surface area is 170 Å². The molecule has 0 spiro atoms. The number of carbonyl (C=O) groups is 1. The number of carbonyl (C=O) groups excluding carboxylic acids is 1. The van der Waals surface area contributed by atoms with Crippen LogP contribution in [0.1, 0.15) is 29.6 Å². The number of nitrogens with one attached hydrogen (secondary N) is 3. The Morgan fingerprint density at radius 2 is 2.21 bits per heavy atom. The average Bonchev–Trinajstić information content (AvgIpc) is 2.98. The second kappa shape index (κ2) is 8.44. The molecule has 3 aliphatic rings. The van der Waals surface area contributed by atoms with Crippen molar-refractivity contribution in [1.82, 2.24) is 25.3 Å². The number of fused-ring (bicyclic) bond motifs is 1. The number of alkyl halides is 1. The number of rotatable bonds is 4. The molecule has 5 N–H and O–H groups in total. The van der Waals surface area contributed by atoms with Crippen molar-refractivity contribution in [1.29, 1.82) is 0 Å². The summed E-state index contributed by atoms with van der Waals surface area (Å²) in [6.07, 6.45) is 3.31. The maximum atomic E-state index is 13.0. The number of anilines is 2. The zero-order valence-corrected chi connectivity index (χ0v) is 17.0. The van der Waals surface area contributed by atoms with E-state index in [1.165, 1.54) is 0 Å². The third-order valence-electron chi connectivity index (χ3n) is 5.75. The smallest absolute Gasteiger partial charge is 0.259 e. The number of likely N-dealkylation sites (N-methyl/N-ethyl adjacent to an activating group) is 1. The molecule has 10 heteroatoms. The van der Waals surface area contributed by atoms with Crippen LogP contribution in [0.5, 0.6) is 0 Å². The molecular formula is C18H30ClN7O2. The number of nitrogens with two attached hydrogens (primary N) is 1. The van der Waals surface area contributed by atoms with E-state index in [1.54, 1.807) is 4.68 Å². The summed E-state index contributed by atoms with van der Waals surface area (Å²) in [6, 6.07) is -0.104. The Bertz CT molecular complexity index is 712. The molecule has 0 radical (unpaired) electrons. The first-order chi connectivity index (χ1) is 13.5. The van der Waals surface area contributed by atoms with Crippen molar-refractivity contribution >= 4 is 29.1 Å². The van der Waals surface area contributed by atoms with Crippen molar-refractivity contribution in [3.8, 4) is 0 Å². The van der Waals surface area contributed by atoms with Gasteiger partial charge in [0.05, 0.1) is 30.2 Å². The van der Waals surface area contributed by atoms with Crippen LogP contribution in [0.3, 0.4) is 0 Å². The van der Waals surface area contributed by atoms with Gasteiger partial charge in [0, 0.05) is 19.6 Å². The predicted molar refractivity (Wildman–Crippen MR) is 109 cm³/mol. The molecule has 28 heavy (non-hydrogen) atoms. The first-order valence-corrected chi connectivity index (χ1v) is 10.5. The van der Waals surface area contributed by atoms with Gasteiger partial charge in [-0.2, -0.15) is 5.10 Å². The summed E-state index contributed by atoms with van der Waals surface area (Å²) in [4.78, 5) is 15.3. The maximum Gasteiger partial charge on any atom is 0.259 e. The summed E-state index contributed by atoms with van der Waals surface area (Å²) >= 11 is 6.17. The van der Waals surface area contributed by atoms with E-state index in [2.05, 4.69) is 33.0 Å². The van der Waals surface area contributed by atoms with Crippen LogP contribution in [0, 0.1) is 0 Å². The fourth-order valence-electron chi connectivity index (χ4n) is 4.33. The largest absolute Gasteiger partial charge is 0.381 e. The van der Waals surface area contributed by atoms with Crippen LogP contribution < -0.4 is 21.7 Å². The summed E-state index contributed by atoms with van der Waals surface area (Å²) in [5, 5.41) is 13.9. The minimum atomic E-state index is -0.220. The van der Waals surface area contributed by atoms with E-state index in [0.717, 1.165) is 38.9 Å². The molecule has 0 bridgehead atoms. The lowest BCUT2D eigenvalue weighted by Crippen LogP contribution is -2.56. The van der Waals surface area contributed by atoms with Crippen LogP contribution in [-0.4, -0.2) is 84.0 Å². The number of nitrogens with zero attached hydrogens (tertiary/aromatic N) is 3. The van der Waals surface area contributed by atoms with E-state index in [4.69, 9.17) is 22.1 Å². The maximum absolute atomic E-state index is 13.0. The highest BCUT2D eigenvalue weighted by Gasteiger charge is 2.33. The summed E-state index contributed by atoms with van der Waals surface area (Å²) in [5.74, 6) is 0.644. The van der Waals surface area contributed by atoms with Crippen LogP contribution in [0.2, 0.25) is 0 Å². The number of ether oxygens (including phenoxy) is 1. The van der Waals surface area contributed by atoms with Gasteiger partial charge >= 0.3 is 0 Å².